The highest BCUT2D eigenvalue weighted by Gasteiger charge is 2.08. The molecule has 0 aliphatic rings. The molecule has 0 aromatic carbocycles. The van der Waals surface area contributed by atoms with E-state index in [4.69, 9.17) is 4.42 Å². The summed E-state index contributed by atoms with van der Waals surface area (Å²) < 4.78 is 5.52. The van der Waals surface area contributed by atoms with Gasteiger partial charge in [0.05, 0.1) is 0 Å². The van der Waals surface area contributed by atoms with E-state index >= 15 is 0 Å². The molecule has 0 fully saturated rings. The van der Waals surface area contributed by atoms with Gasteiger partial charge in [-0.2, -0.15) is 0 Å². The molecule has 1 heterocycles. The molecule has 0 spiro atoms. The third-order valence-corrected chi connectivity index (χ3v) is 3.06. The van der Waals surface area contributed by atoms with E-state index in [1.54, 1.807) is 7.05 Å². The molecule has 0 saturated heterocycles. The van der Waals surface area contributed by atoms with Gasteiger partial charge in [0, 0.05) is 32.7 Å². The van der Waals surface area contributed by atoms with Crippen molar-refractivity contribution in [2.45, 2.75) is 33.2 Å². The van der Waals surface area contributed by atoms with Crippen molar-refractivity contribution in [1.82, 2.24) is 10.2 Å². The van der Waals surface area contributed by atoms with E-state index in [1.807, 2.05) is 27.0 Å². The van der Waals surface area contributed by atoms with Gasteiger partial charge in [-0.25, -0.2) is 0 Å². The lowest BCUT2D eigenvalue weighted by Crippen LogP contribution is -2.39. The summed E-state index contributed by atoms with van der Waals surface area (Å²) in [4.78, 5) is 6.42. The minimum atomic E-state index is 0.738. The number of hydrogen-bond acceptors (Lipinski definition) is 2. The number of furan rings is 1. The van der Waals surface area contributed by atoms with Crippen LogP contribution in [-0.2, 0) is 6.54 Å². The van der Waals surface area contributed by atoms with Gasteiger partial charge in [0.25, 0.3) is 0 Å². The molecule has 106 valence electrons. The van der Waals surface area contributed by atoms with E-state index in [1.165, 1.54) is 5.56 Å². The minimum absolute atomic E-state index is 0.738. The lowest BCUT2D eigenvalue weighted by atomic mass is 10.2. The fraction of sp³-hybridized carbons (Fsp3) is 0.533. The molecule has 4 nitrogen and oxygen atoms in total. The molecule has 0 radical (unpaired) electrons. The molecule has 0 saturated carbocycles. The van der Waals surface area contributed by atoms with Crippen LogP contribution < -0.4 is 5.32 Å². The van der Waals surface area contributed by atoms with Gasteiger partial charge in [-0.1, -0.05) is 6.08 Å². The fourth-order valence-corrected chi connectivity index (χ4v) is 2.00. The van der Waals surface area contributed by atoms with Gasteiger partial charge in [-0.3, -0.25) is 4.99 Å². The maximum absolute atomic E-state index is 5.52. The van der Waals surface area contributed by atoms with E-state index in [-0.39, 0.29) is 0 Å². The third-order valence-electron chi connectivity index (χ3n) is 3.06. The second-order valence-corrected chi connectivity index (χ2v) is 4.69. The summed E-state index contributed by atoms with van der Waals surface area (Å²) in [6, 6.07) is 2.06. The molecule has 1 aromatic heterocycles. The molecule has 0 atom stereocenters. The van der Waals surface area contributed by atoms with Crippen molar-refractivity contribution in [2.75, 3.05) is 20.6 Å². The van der Waals surface area contributed by atoms with Gasteiger partial charge in [0.15, 0.2) is 5.96 Å². The molecule has 1 rings (SSSR count). The summed E-state index contributed by atoms with van der Waals surface area (Å²) in [6.45, 7) is 9.39. The van der Waals surface area contributed by atoms with Crippen molar-refractivity contribution in [1.29, 1.82) is 0 Å². The molecule has 0 bridgehead atoms. The van der Waals surface area contributed by atoms with E-state index in [0.717, 1.165) is 43.4 Å². The van der Waals surface area contributed by atoms with Gasteiger partial charge in [-0.15, -0.1) is 6.58 Å². The number of nitrogens with zero attached hydrogens (tertiary/aromatic N) is 2. The number of hydrogen-bond donors (Lipinski definition) is 1. The average molecular weight is 263 g/mol. The second kappa shape index (κ2) is 7.67. The Morgan fingerprint density at radius 2 is 2.26 bits per heavy atom. The highest BCUT2D eigenvalue weighted by molar-refractivity contribution is 5.79. The van der Waals surface area contributed by atoms with Crippen LogP contribution in [0.4, 0.5) is 0 Å². The van der Waals surface area contributed by atoms with E-state index in [0.29, 0.717) is 0 Å². The summed E-state index contributed by atoms with van der Waals surface area (Å²) in [5.41, 5.74) is 1.18. The summed E-state index contributed by atoms with van der Waals surface area (Å²) in [5.74, 6) is 2.82. The highest BCUT2D eigenvalue weighted by Crippen LogP contribution is 2.13. The van der Waals surface area contributed by atoms with E-state index in [2.05, 4.69) is 27.9 Å². The summed E-state index contributed by atoms with van der Waals surface area (Å²) >= 11 is 0. The van der Waals surface area contributed by atoms with Crippen molar-refractivity contribution >= 4 is 5.96 Å². The van der Waals surface area contributed by atoms with Crippen molar-refractivity contribution in [2.24, 2.45) is 4.99 Å². The van der Waals surface area contributed by atoms with Gasteiger partial charge in [-0.05, 0) is 32.8 Å². The molecule has 1 N–H and O–H groups in total. The molecule has 4 heteroatoms. The zero-order chi connectivity index (χ0) is 14.3. The van der Waals surface area contributed by atoms with Crippen LogP contribution in [0.25, 0.3) is 0 Å². The van der Waals surface area contributed by atoms with Crippen LogP contribution >= 0.6 is 0 Å². The Hall–Kier alpha value is -1.71. The van der Waals surface area contributed by atoms with Crippen LogP contribution in [0.15, 0.2) is 28.1 Å². The first-order chi connectivity index (χ1) is 9.08. The number of allylic oxidation sites excluding steroid dienone is 1. The van der Waals surface area contributed by atoms with Crippen molar-refractivity contribution in [3.63, 3.8) is 0 Å². The fourth-order valence-electron chi connectivity index (χ4n) is 2.00. The molecular weight excluding hydrogens is 238 g/mol. The van der Waals surface area contributed by atoms with Gasteiger partial charge < -0.3 is 14.6 Å². The molecule has 0 aliphatic heterocycles. The number of guanidine groups is 1. The van der Waals surface area contributed by atoms with Gasteiger partial charge >= 0.3 is 0 Å². The highest BCUT2D eigenvalue weighted by atomic mass is 16.3. The Kier molecular flexibility index (Phi) is 6.19. The van der Waals surface area contributed by atoms with E-state index < -0.39 is 0 Å². The molecule has 19 heavy (non-hydrogen) atoms. The lowest BCUT2D eigenvalue weighted by molar-refractivity contribution is 0.468. The van der Waals surface area contributed by atoms with Gasteiger partial charge in [0.1, 0.15) is 11.5 Å². The first kappa shape index (κ1) is 15.3. The smallest absolute Gasteiger partial charge is 0.193 e. The molecule has 0 amide bonds. The molecule has 0 aliphatic carbocycles. The maximum atomic E-state index is 5.52. The standard InChI is InChI=1S/C15H25N3O/c1-6-7-8-9-18(5)15(16-4)17-11-14-10-12(2)19-13(14)3/h6,10H,1,7-9,11H2,2-5H3,(H,16,17). The van der Waals surface area contributed by atoms with Crippen molar-refractivity contribution in [3.8, 4) is 0 Å². The Morgan fingerprint density at radius 1 is 1.53 bits per heavy atom. The lowest BCUT2D eigenvalue weighted by Gasteiger charge is -2.21. The number of rotatable bonds is 6. The van der Waals surface area contributed by atoms with Crippen LogP contribution in [0.3, 0.4) is 0 Å². The average Bonchev–Trinajstić information content (AvgIpc) is 2.69. The topological polar surface area (TPSA) is 40.8 Å². The third kappa shape index (κ3) is 4.81. The number of nitrogens with one attached hydrogen (secondary N) is 1. The molecular formula is C15H25N3O. The second-order valence-electron chi connectivity index (χ2n) is 4.69. The number of unbranched alkanes of at least 4 members (excludes halogenated alkanes) is 1. The van der Waals surface area contributed by atoms with Crippen LogP contribution in [0.2, 0.25) is 0 Å². The molecule has 1 aromatic rings. The predicted molar refractivity (Wildman–Crippen MR) is 80.4 cm³/mol. The predicted octanol–water partition coefficient (Wildman–Crippen LogP) is 2.87. The Morgan fingerprint density at radius 3 is 2.79 bits per heavy atom. The van der Waals surface area contributed by atoms with Crippen LogP contribution in [-0.4, -0.2) is 31.5 Å². The summed E-state index contributed by atoms with van der Waals surface area (Å²) in [7, 11) is 3.85. The number of aliphatic imine (C=N–C) groups is 1. The SMILES string of the molecule is C=CCCCN(C)C(=NC)NCc1cc(C)oc1C. The zero-order valence-corrected chi connectivity index (χ0v) is 12.5. The largest absolute Gasteiger partial charge is 0.466 e. The first-order valence-electron chi connectivity index (χ1n) is 6.67. The summed E-state index contributed by atoms with van der Waals surface area (Å²) in [6.07, 6.45) is 4.06. The van der Waals surface area contributed by atoms with Crippen LogP contribution in [0, 0.1) is 13.8 Å². The summed E-state index contributed by atoms with van der Waals surface area (Å²) in [5, 5.41) is 3.36. The molecule has 0 unspecified atom stereocenters. The van der Waals surface area contributed by atoms with Crippen LogP contribution in [0.1, 0.15) is 29.9 Å². The normalized spacial score (nSPS) is 11.5. The maximum Gasteiger partial charge on any atom is 0.193 e. The number of aryl methyl sites for hydroxylation is 2. The Balaban J connectivity index is 2.48. The van der Waals surface area contributed by atoms with Crippen molar-refractivity contribution in [3.05, 3.63) is 35.8 Å². The Bertz CT molecular complexity index is 435. The van der Waals surface area contributed by atoms with E-state index in [9.17, 15) is 0 Å². The van der Waals surface area contributed by atoms with Crippen molar-refractivity contribution < 1.29 is 4.42 Å². The van der Waals surface area contributed by atoms with Crippen LogP contribution in [0.5, 0.6) is 0 Å². The Labute approximate surface area is 116 Å². The van der Waals surface area contributed by atoms with Gasteiger partial charge in [0.2, 0.25) is 0 Å². The monoisotopic (exact) mass is 263 g/mol. The minimum Gasteiger partial charge on any atom is -0.466 e. The quantitative estimate of drug-likeness (QED) is 0.371. The first-order valence-corrected chi connectivity index (χ1v) is 6.67. The zero-order valence-electron chi connectivity index (χ0n) is 12.5.